The lowest BCUT2D eigenvalue weighted by Gasteiger charge is -2.14. The molecule has 0 heterocycles. The third kappa shape index (κ3) is 2.74. The number of rotatable bonds is 3. The third-order valence-electron chi connectivity index (χ3n) is 3.44. The van der Waals surface area contributed by atoms with Crippen molar-refractivity contribution in [2.45, 2.75) is 39.5 Å². The number of benzene rings is 1. The molecular formula is C14H21N. The molecular weight excluding hydrogens is 182 g/mol. The average Bonchev–Trinajstić information content (AvgIpc) is 2.69. The fraction of sp³-hybridized carbons (Fsp3) is 0.571. The van der Waals surface area contributed by atoms with E-state index in [4.69, 9.17) is 0 Å². The highest BCUT2D eigenvalue weighted by Gasteiger charge is 2.14. The highest BCUT2D eigenvalue weighted by molar-refractivity contribution is 5.51. The van der Waals surface area contributed by atoms with Crippen LogP contribution < -0.4 is 5.32 Å². The number of anilines is 1. The van der Waals surface area contributed by atoms with Gasteiger partial charge in [0, 0.05) is 12.2 Å². The maximum Gasteiger partial charge on any atom is 0.0370 e. The summed E-state index contributed by atoms with van der Waals surface area (Å²) in [6, 6.07) is 6.64. The molecule has 0 aromatic heterocycles. The van der Waals surface area contributed by atoms with Crippen molar-refractivity contribution < 1.29 is 0 Å². The molecule has 15 heavy (non-hydrogen) atoms. The SMILES string of the molecule is Cc1ccc(NCC2CCCC2)c(C)c1. The van der Waals surface area contributed by atoms with Crippen molar-refractivity contribution in [1.29, 1.82) is 0 Å². The van der Waals surface area contributed by atoms with Crippen LogP contribution in [0.4, 0.5) is 5.69 Å². The van der Waals surface area contributed by atoms with E-state index in [-0.39, 0.29) is 0 Å². The first kappa shape index (κ1) is 10.5. The minimum Gasteiger partial charge on any atom is -0.385 e. The number of hydrogen-bond donors (Lipinski definition) is 1. The summed E-state index contributed by atoms with van der Waals surface area (Å²) in [6.07, 6.45) is 5.69. The Kier molecular flexibility index (Phi) is 3.30. The van der Waals surface area contributed by atoms with Gasteiger partial charge in [-0.3, -0.25) is 0 Å². The fourth-order valence-corrected chi connectivity index (χ4v) is 2.48. The predicted molar refractivity (Wildman–Crippen MR) is 66.4 cm³/mol. The number of nitrogens with one attached hydrogen (secondary N) is 1. The largest absolute Gasteiger partial charge is 0.385 e. The summed E-state index contributed by atoms with van der Waals surface area (Å²) in [5.41, 5.74) is 4.03. The van der Waals surface area contributed by atoms with Crippen LogP contribution in [0.25, 0.3) is 0 Å². The van der Waals surface area contributed by atoms with E-state index < -0.39 is 0 Å². The van der Waals surface area contributed by atoms with Crippen molar-refractivity contribution in [3.05, 3.63) is 29.3 Å². The standard InChI is InChI=1S/C14H21N/c1-11-7-8-14(12(2)9-11)15-10-13-5-3-4-6-13/h7-9,13,15H,3-6,10H2,1-2H3. The lowest BCUT2D eigenvalue weighted by molar-refractivity contribution is 0.580. The number of aryl methyl sites for hydroxylation is 2. The summed E-state index contributed by atoms with van der Waals surface area (Å²) >= 11 is 0. The Morgan fingerprint density at radius 2 is 1.93 bits per heavy atom. The Balaban J connectivity index is 1.92. The van der Waals surface area contributed by atoms with Crippen molar-refractivity contribution in [3.63, 3.8) is 0 Å². The van der Waals surface area contributed by atoms with Crippen LogP contribution in [-0.4, -0.2) is 6.54 Å². The van der Waals surface area contributed by atoms with Gasteiger partial charge in [-0.15, -0.1) is 0 Å². The smallest absolute Gasteiger partial charge is 0.0370 e. The maximum absolute atomic E-state index is 3.58. The van der Waals surface area contributed by atoms with E-state index in [1.54, 1.807) is 0 Å². The van der Waals surface area contributed by atoms with Crippen LogP contribution in [0.5, 0.6) is 0 Å². The lowest BCUT2D eigenvalue weighted by Crippen LogP contribution is -2.11. The molecule has 1 aliphatic carbocycles. The van der Waals surface area contributed by atoms with Gasteiger partial charge in [0.05, 0.1) is 0 Å². The molecule has 1 fully saturated rings. The second-order valence-corrected chi connectivity index (χ2v) is 4.85. The van der Waals surface area contributed by atoms with E-state index in [9.17, 15) is 0 Å². The van der Waals surface area contributed by atoms with Gasteiger partial charge in [-0.2, -0.15) is 0 Å². The first-order valence-electron chi connectivity index (χ1n) is 6.07. The second kappa shape index (κ2) is 4.69. The first-order chi connectivity index (χ1) is 7.25. The minimum atomic E-state index is 0.908. The van der Waals surface area contributed by atoms with Gasteiger partial charge in [0.2, 0.25) is 0 Å². The summed E-state index contributed by atoms with van der Waals surface area (Å²) in [5, 5.41) is 3.58. The topological polar surface area (TPSA) is 12.0 Å². The van der Waals surface area contributed by atoms with Gasteiger partial charge in [-0.05, 0) is 44.2 Å². The summed E-state index contributed by atoms with van der Waals surface area (Å²) in [5.74, 6) is 0.908. The normalized spacial score (nSPS) is 16.9. The summed E-state index contributed by atoms with van der Waals surface area (Å²) in [6.45, 7) is 5.49. The second-order valence-electron chi connectivity index (χ2n) is 4.85. The van der Waals surface area contributed by atoms with Crippen LogP contribution in [0.2, 0.25) is 0 Å². The predicted octanol–water partition coefficient (Wildman–Crippen LogP) is 3.91. The molecule has 0 saturated heterocycles. The van der Waals surface area contributed by atoms with Crippen LogP contribution in [-0.2, 0) is 0 Å². The van der Waals surface area contributed by atoms with Crippen LogP contribution in [0.3, 0.4) is 0 Å². The zero-order valence-electron chi connectivity index (χ0n) is 9.84. The molecule has 0 unspecified atom stereocenters. The minimum absolute atomic E-state index is 0.908. The molecule has 1 aromatic carbocycles. The van der Waals surface area contributed by atoms with Gasteiger partial charge >= 0.3 is 0 Å². The zero-order chi connectivity index (χ0) is 10.7. The average molecular weight is 203 g/mol. The first-order valence-corrected chi connectivity index (χ1v) is 6.07. The molecule has 1 aromatic rings. The van der Waals surface area contributed by atoms with E-state index in [2.05, 4.69) is 37.4 Å². The molecule has 0 atom stereocenters. The Morgan fingerprint density at radius 3 is 2.60 bits per heavy atom. The van der Waals surface area contributed by atoms with Crippen molar-refractivity contribution in [3.8, 4) is 0 Å². The van der Waals surface area contributed by atoms with Crippen LogP contribution in [0.15, 0.2) is 18.2 Å². The quantitative estimate of drug-likeness (QED) is 0.785. The monoisotopic (exact) mass is 203 g/mol. The van der Waals surface area contributed by atoms with E-state index in [1.165, 1.54) is 42.5 Å². The molecule has 0 spiro atoms. The van der Waals surface area contributed by atoms with Crippen molar-refractivity contribution >= 4 is 5.69 Å². The molecule has 0 amide bonds. The van der Waals surface area contributed by atoms with E-state index in [0.717, 1.165) is 12.5 Å². The molecule has 1 nitrogen and oxygen atoms in total. The Labute approximate surface area is 92.9 Å². The van der Waals surface area contributed by atoms with Crippen molar-refractivity contribution in [1.82, 2.24) is 0 Å². The Morgan fingerprint density at radius 1 is 1.20 bits per heavy atom. The summed E-state index contributed by atoms with van der Waals surface area (Å²) in [4.78, 5) is 0. The van der Waals surface area contributed by atoms with Crippen LogP contribution >= 0.6 is 0 Å². The molecule has 1 aliphatic rings. The summed E-state index contributed by atoms with van der Waals surface area (Å²) in [7, 11) is 0. The fourth-order valence-electron chi connectivity index (χ4n) is 2.48. The molecule has 0 bridgehead atoms. The van der Waals surface area contributed by atoms with E-state index in [1.807, 2.05) is 0 Å². The van der Waals surface area contributed by atoms with E-state index in [0.29, 0.717) is 0 Å². The van der Waals surface area contributed by atoms with Gasteiger partial charge in [0.25, 0.3) is 0 Å². The van der Waals surface area contributed by atoms with Gasteiger partial charge in [-0.1, -0.05) is 30.5 Å². The van der Waals surface area contributed by atoms with Gasteiger partial charge in [0.1, 0.15) is 0 Å². The molecule has 0 aliphatic heterocycles. The van der Waals surface area contributed by atoms with Crippen LogP contribution in [0, 0.1) is 19.8 Å². The zero-order valence-corrected chi connectivity index (χ0v) is 9.84. The molecule has 0 radical (unpaired) electrons. The highest BCUT2D eigenvalue weighted by atomic mass is 14.9. The van der Waals surface area contributed by atoms with Crippen molar-refractivity contribution in [2.24, 2.45) is 5.92 Å². The molecule has 1 N–H and O–H groups in total. The van der Waals surface area contributed by atoms with E-state index >= 15 is 0 Å². The van der Waals surface area contributed by atoms with Gasteiger partial charge in [-0.25, -0.2) is 0 Å². The third-order valence-corrected chi connectivity index (χ3v) is 3.44. The Hall–Kier alpha value is -0.980. The highest BCUT2D eigenvalue weighted by Crippen LogP contribution is 2.25. The Bertz CT molecular complexity index is 324. The van der Waals surface area contributed by atoms with Crippen molar-refractivity contribution in [2.75, 3.05) is 11.9 Å². The molecule has 82 valence electrons. The number of hydrogen-bond acceptors (Lipinski definition) is 1. The summed E-state index contributed by atoms with van der Waals surface area (Å²) < 4.78 is 0. The maximum atomic E-state index is 3.58. The van der Waals surface area contributed by atoms with Gasteiger partial charge in [0.15, 0.2) is 0 Å². The molecule has 1 heteroatoms. The lowest BCUT2D eigenvalue weighted by atomic mass is 10.1. The van der Waals surface area contributed by atoms with Crippen LogP contribution in [0.1, 0.15) is 36.8 Å². The molecule has 1 saturated carbocycles. The van der Waals surface area contributed by atoms with Gasteiger partial charge < -0.3 is 5.32 Å². The molecule has 2 rings (SSSR count).